The van der Waals surface area contributed by atoms with E-state index in [1.807, 2.05) is 12.1 Å². The first-order valence-corrected chi connectivity index (χ1v) is 7.02. The Bertz CT molecular complexity index is 896. The number of imidazole rings is 1. The molecule has 0 fully saturated rings. The lowest BCUT2D eigenvalue weighted by atomic mass is 10.3. The molecule has 23 heavy (non-hydrogen) atoms. The van der Waals surface area contributed by atoms with E-state index in [0.717, 1.165) is 0 Å². The van der Waals surface area contributed by atoms with Gasteiger partial charge in [-0.15, -0.1) is 0 Å². The first-order valence-electron chi connectivity index (χ1n) is 7.02. The number of carbonyl (C=O) groups excluding carboxylic acids is 1. The highest BCUT2D eigenvalue weighted by Gasteiger charge is 2.30. The maximum Gasteiger partial charge on any atom is 0.337 e. The van der Waals surface area contributed by atoms with Crippen molar-refractivity contribution in [3.05, 3.63) is 54.6 Å². The second kappa shape index (κ2) is 6.15. The van der Waals surface area contributed by atoms with Crippen LogP contribution in [0.4, 0.5) is 5.69 Å². The minimum Gasteiger partial charge on any atom is -0.475 e. The minimum atomic E-state index is -0.439. The topological polar surface area (TPSA) is 95.0 Å². The van der Waals surface area contributed by atoms with E-state index in [2.05, 4.69) is 10.3 Å². The maximum atomic E-state index is 12.5. The van der Waals surface area contributed by atoms with Crippen molar-refractivity contribution in [2.24, 2.45) is 0 Å². The number of pyridine rings is 2. The van der Waals surface area contributed by atoms with Gasteiger partial charge < -0.3 is 10.4 Å². The van der Waals surface area contributed by atoms with Crippen molar-refractivity contribution in [1.82, 2.24) is 9.55 Å². The Kier molecular flexibility index (Phi) is 3.89. The monoisotopic (exact) mass is 308 g/mol. The molecule has 0 saturated heterocycles. The Morgan fingerprint density at radius 2 is 2.13 bits per heavy atom. The predicted molar refractivity (Wildman–Crippen MR) is 81.7 cm³/mol. The molecule has 0 radical (unpaired) electrons. The largest absolute Gasteiger partial charge is 0.475 e. The van der Waals surface area contributed by atoms with Gasteiger partial charge in [0.25, 0.3) is 11.3 Å². The molecular weight excluding hydrogens is 294 g/mol. The number of aromatic hydroxyl groups is 1. The van der Waals surface area contributed by atoms with Gasteiger partial charge in [0.2, 0.25) is 0 Å². The number of anilines is 1. The van der Waals surface area contributed by atoms with Crippen LogP contribution in [-0.4, -0.2) is 20.6 Å². The van der Waals surface area contributed by atoms with Crippen LogP contribution in [0.25, 0.3) is 5.65 Å². The zero-order chi connectivity index (χ0) is 16.2. The number of hydrogen-bond donors (Lipinski definition) is 2. The maximum absolute atomic E-state index is 12.5. The van der Waals surface area contributed by atoms with Gasteiger partial charge >= 0.3 is 11.8 Å². The summed E-state index contributed by atoms with van der Waals surface area (Å²) in [7, 11) is 0. The molecule has 114 valence electrons. The number of fused-ring (bicyclic) bond motifs is 1. The fraction of sp³-hybridized carbons (Fsp3) is 0.125. The van der Waals surface area contributed by atoms with Gasteiger partial charge in [0.1, 0.15) is 6.54 Å². The van der Waals surface area contributed by atoms with Gasteiger partial charge in [-0.2, -0.15) is 14.2 Å². The van der Waals surface area contributed by atoms with E-state index in [1.54, 1.807) is 51.8 Å². The van der Waals surface area contributed by atoms with E-state index in [4.69, 9.17) is 5.26 Å². The summed E-state index contributed by atoms with van der Waals surface area (Å²) in [6, 6.07) is 10.7. The highest BCUT2D eigenvalue weighted by atomic mass is 16.3. The molecule has 0 aliphatic heterocycles. The molecule has 0 aliphatic rings. The molecule has 2 N–H and O–H groups in total. The van der Waals surface area contributed by atoms with E-state index in [9.17, 15) is 9.90 Å². The van der Waals surface area contributed by atoms with Crippen LogP contribution in [-0.2, 0) is 6.54 Å². The summed E-state index contributed by atoms with van der Waals surface area (Å²) in [4.78, 5) is 16.4. The fourth-order valence-corrected chi connectivity index (χ4v) is 2.41. The van der Waals surface area contributed by atoms with E-state index in [1.165, 1.54) is 0 Å². The number of hydrogen-bond acceptors (Lipinski definition) is 4. The Balaban J connectivity index is 2.05. The van der Waals surface area contributed by atoms with Crippen molar-refractivity contribution < 1.29 is 14.3 Å². The van der Waals surface area contributed by atoms with Crippen LogP contribution in [0, 0.1) is 11.3 Å². The molecule has 1 amide bonds. The number of carbonyl (C=O) groups is 1. The zero-order valence-corrected chi connectivity index (χ0v) is 12.2. The fourth-order valence-electron chi connectivity index (χ4n) is 2.41. The van der Waals surface area contributed by atoms with Crippen molar-refractivity contribution in [3.8, 4) is 11.9 Å². The highest BCUT2D eigenvalue weighted by molar-refractivity contribution is 6.03. The molecule has 3 aromatic heterocycles. The molecule has 3 heterocycles. The van der Waals surface area contributed by atoms with Gasteiger partial charge in [0.15, 0.2) is 0 Å². The third-order valence-electron chi connectivity index (χ3n) is 3.42. The van der Waals surface area contributed by atoms with E-state index in [0.29, 0.717) is 17.9 Å². The summed E-state index contributed by atoms with van der Waals surface area (Å²) in [5.74, 6) is -0.608. The first-order chi connectivity index (χ1) is 11.2. The Hall–Kier alpha value is -3.40. The summed E-state index contributed by atoms with van der Waals surface area (Å²) in [6.07, 6.45) is 5.06. The smallest absolute Gasteiger partial charge is 0.337 e. The van der Waals surface area contributed by atoms with Crippen molar-refractivity contribution >= 4 is 17.2 Å². The summed E-state index contributed by atoms with van der Waals surface area (Å²) in [5, 5.41) is 21.9. The highest BCUT2D eigenvalue weighted by Crippen LogP contribution is 2.20. The second-order valence-electron chi connectivity index (χ2n) is 4.85. The third-order valence-corrected chi connectivity index (χ3v) is 3.42. The quantitative estimate of drug-likeness (QED) is 0.714. The number of nitrogens with one attached hydrogen (secondary N) is 1. The van der Waals surface area contributed by atoms with Crippen LogP contribution in [0.2, 0.25) is 0 Å². The van der Waals surface area contributed by atoms with Gasteiger partial charge in [0, 0.05) is 24.1 Å². The Morgan fingerprint density at radius 1 is 1.35 bits per heavy atom. The van der Waals surface area contributed by atoms with E-state index >= 15 is 0 Å². The van der Waals surface area contributed by atoms with Gasteiger partial charge in [-0.3, -0.25) is 9.78 Å². The van der Waals surface area contributed by atoms with Crippen LogP contribution in [0.15, 0.2) is 48.9 Å². The third kappa shape index (κ3) is 2.70. The second-order valence-corrected chi connectivity index (χ2v) is 4.85. The molecule has 7 heteroatoms. The standard InChI is InChI=1S/C16H13N5O2/c17-7-3-11-21-13-4-1-2-10-20(13)14(16(21)23)15(22)19-12-5-8-18-9-6-12/h1-2,4-6,8-10H,3,11H2,(H-,18,19,22,23)/p+1. The van der Waals surface area contributed by atoms with Crippen molar-refractivity contribution in [1.29, 1.82) is 5.26 Å². The molecule has 0 bridgehead atoms. The minimum absolute atomic E-state index is 0.121. The first kappa shape index (κ1) is 14.5. The molecule has 0 aliphatic carbocycles. The number of nitriles is 1. The average Bonchev–Trinajstić information content (AvgIpc) is 2.85. The number of rotatable bonds is 4. The lowest BCUT2D eigenvalue weighted by Crippen LogP contribution is -2.30. The van der Waals surface area contributed by atoms with Gasteiger partial charge in [-0.05, 0) is 18.2 Å². The molecular formula is C16H14N5O2+. The molecule has 0 saturated carbocycles. The summed E-state index contributed by atoms with van der Waals surface area (Å²) < 4.78 is 3.15. The SMILES string of the molecule is N#CCCn1c(O)c(C(=O)Nc2ccncc2)[n+]2ccccc12. The number of nitrogens with zero attached hydrogens (tertiary/aromatic N) is 4. The predicted octanol–water partition coefficient (Wildman–Crippen LogP) is 1.49. The van der Waals surface area contributed by atoms with Crippen LogP contribution in [0.3, 0.4) is 0 Å². The summed E-state index contributed by atoms with van der Waals surface area (Å²) >= 11 is 0. The van der Waals surface area contributed by atoms with E-state index < -0.39 is 5.91 Å². The lowest BCUT2D eigenvalue weighted by Gasteiger charge is -2.01. The normalized spacial score (nSPS) is 10.4. The lowest BCUT2D eigenvalue weighted by molar-refractivity contribution is -0.513. The number of aromatic nitrogens is 3. The van der Waals surface area contributed by atoms with Gasteiger partial charge in [-0.25, -0.2) is 0 Å². The average molecular weight is 308 g/mol. The van der Waals surface area contributed by atoms with Crippen LogP contribution in [0.5, 0.6) is 5.88 Å². The van der Waals surface area contributed by atoms with Gasteiger partial charge in [-0.1, -0.05) is 6.07 Å². The number of amides is 1. The van der Waals surface area contributed by atoms with E-state index in [-0.39, 0.29) is 18.0 Å². The van der Waals surface area contributed by atoms with Crippen molar-refractivity contribution in [2.45, 2.75) is 13.0 Å². The molecule has 0 atom stereocenters. The van der Waals surface area contributed by atoms with Crippen molar-refractivity contribution in [3.63, 3.8) is 0 Å². The Labute approximate surface area is 132 Å². The van der Waals surface area contributed by atoms with Crippen molar-refractivity contribution in [2.75, 3.05) is 5.32 Å². The molecule has 0 spiro atoms. The van der Waals surface area contributed by atoms with Crippen LogP contribution in [0.1, 0.15) is 16.9 Å². The van der Waals surface area contributed by atoms with Gasteiger partial charge in [0.05, 0.1) is 18.7 Å². The summed E-state index contributed by atoms with van der Waals surface area (Å²) in [6.45, 7) is 0.304. The molecule has 3 rings (SSSR count). The van der Waals surface area contributed by atoms with Crippen LogP contribution < -0.4 is 9.72 Å². The summed E-state index contributed by atoms with van der Waals surface area (Å²) in [5.41, 5.74) is 1.34. The molecule has 3 aromatic rings. The Morgan fingerprint density at radius 3 is 2.87 bits per heavy atom. The zero-order valence-electron chi connectivity index (χ0n) is 12.2. The molecule has 0 aromatic carbocycles. The molecule has 7 nitrogen and oxygen atoms in total. The number of aryl methyl sites for hydroxylation is 1. The molecule has 0 unspecified atom stereocenters. The van der Waals surface area contributed by atoms with Crippen LogP contribution >= 0.6 is 0 Å².